The number of hydrogen-bond acceptors (Lipinski definition) is 1. The van der Waals surface area contributed by atoms with Gasteiger partial charge >= 0.3 is 0 Å². The second-order valence-electron chi connectivity index (χ2n) is 2.82. The van der Waals surface area contributed by atoms with E-state index in [1.807, 2.05) is 6.08 Å². The molecule has 1 saturated carbocycles. The summed E-state index contributed by atoms with van der Waals surface area (Å²) in [6, 6.07) is 0. The largest absolute Gasteiger partial charge is 0.313 e. The van der Waals surface area contributed by atoms with Crippen molar-refractivity contribution >= 4 is 11.6 Å². The van der Waals surface area contributed by atoms with Gasteiger partial charge in [-0.15, -0.1) is 0 Å². The fourth-order valence-corrected chi connectivity index (χ4v) is 1.20. The van der Waals surface area contributed by atoms with Gasteiger partial charge in [0, 0.05) is 12.1 Å². The molecule has 0 radical (unpaired) electrons. The molecular formula is C8H14ClN. The van der Waals surface area contributed by atoms with Crippen LogP contribution in [0.2, 0.25) is 0 Å². The third-order valence-corrected chi connectivity index (χ3v) is 2.19. The molecule has 0 aromatic carbocycles. The summed E-state index contributed by atoms with van der Waals surface area (Å²) in [5, 5.41) is 3.32. The van der Waals surface area contributed by atoms with Gasteiger partial charge in [-0.05, 0) is 25.3 Å². The van der Waals surface area contributed by atoms with Crippen LogP contribution in [0, 0.1) is 5.92 Å². The van der Waals surface area contributed by atoms with Crippen LogP contribution in [-0.4, -0.2) is 13.1 Å². The van der Waals surface area contributed by atoms with Crippen molar-refractivity contribution in [1.82, 2.24) is 5.32 Å². The molecule has 0 heterocycles. The van der Waals surface area contributed by atoms with Crippen molar-refractivity contribution in [3.8, 4) is 0 Å². The maximum Gasteiger partial charge on any atom is 0.0146 e. The van der Waals surface area contributed by atoms with Crippen LogP contribution in [0.5, 0.6) is 0 Å². The molecule has 1 N–H and O–H groups in total. The maximum atomic E-state index is 5.34. The van der Waals surface area contributed by atoms with E-state index in [9.17, 15) is 0 Å². The van der Waals surface area contributed by atoms with Crippen LogP contribution in [0.15, 0.2) is 11.6 Å². The first kappa shape index (κ1) is 8.09. The SMILES string of the molecule is Cl/C=C/CNCC1CCC1. The molecule has 0 unspecified atom stereocenters. The topological polar surface area (TPSA) is 12.0 Å². The van der Waals surface area contributed by atoms with Crippen LogP contribution in [0.25, 0.3) is 0 Å². The Hall–Kier alpha value is -0.0100. The van der Waals surface area contributed by atoms with E-state index in [0.29, 0.717) is 0 Å². The lowest BCUT2D eigenvalue weighted by atomic mass is 9.85. The zero-order chi connectivity index (χ0) is 7.23. The predicted octanol–water partition coefficient (Wildman–Crippen LogP) is 2.13. The molecule has 0 aliphatic heterocycles. The second-order valence-corrected chi connectivity index (χ2v) is 3.07. The van der Waals surface area contributed by atoms with Gasteiger partial charge in [0.15, 0.2) is 0 Å². The summed E-state index contributed by atoms with van der Waals surface area (Å²) in [5.41, 5.74) is 1.56. The fraction of sp³-hybridized carbons (Fsp3) is 0.750. The Morgan fingerprint density at radius 2 is 2.30 bits per heavy atom. The molecule has 1 aliphatic rings. The summed E-state index contributed by atoms with van der Waals surface area (Å²) in [5.74, 6) is 0.948. The predicted molar refractivity (Wildman–Crippen MR) is 45.2 cm³/mol. The lowest BCUT2D eigenvalue weighted by Gasteiger charge is -2.25. The van der Waals surface area contributed by atoms with E-state index in [1.165, 1.54) is 25.8 Å². The van der Waals surface area contributed by atoms with Crippen molar-refractivity contribution < 1.29 is 0 Å². The molecule has 0 aromatic heterocycles. The summed E-state index contributed by atoms with van der Waals surface area (Å²) in [7, 11) is 0. The van der Waals surface area contributed by atoms with Crippen LogP contribution < -0.4 is 5.32 Å². The minimum absolute atomic E-state index is 0.917. The van der Waals surface area contributed by atoms with Crippen molar-refractivity contribution in [2.24, 2.45) is 5.92 Å². The first-order valence-electron chi connectivity index (χ1n) is 3.89. The van der Waals surface area contributed by atoms with Crippen LogP contribution in [0.1, 0.15) is 19.3 Å². The molecule has 1 nitrogen and oxygen atoms in total. The van der Waals surface area contributed by atoms with Gasteiger partial charge in [0.05, 0.1) is 0 Å². The third-order valence-electron chi connectivity index (χ3n) is 2.01. The van der Waals surface area contributed by atoms with Crippen LogP contribution in [0.4, 0.5) is 0 Å². The van der Waals surface area contributed by atoms with Crippen LogP contribution >= 0.6 is 11.6 Å². The number of rotatable bonds is 4. The zero-order valence-corrected chi connectivity index (χ0v) is 6.90. The summed E-state index contributed by atoms with van der Waals surface area (Å²) in [6.45, 7) is 2.08. The van der Waals surface area contributed by atoms with E-state index in [-0.39, 0.29) is 0 Å². The van der Waals surface area contributed by atoms with Crippen molar-refractivity contribution in [1.29, 1.82) is 0 Å². The molecule has 0 aromatic rings. The molecule has 1 rings (SSSR count). The summed E-state index contributed by atoms with van der Waals surface area (Å²) in [4.78, 5) is 0. The Bertz CT molecular complexity index is 108. The second kappa shape index (κ2) is 4.75. The first-order valence-corrected chi connectivity index (χ1v) is 4.33. The van der Waals surface area contributed by atoms with Crippen molar-refractivity contribution in [2.75, 3.05) is 13.1 Å². The van der Waals surface area contributed by atoms with Crippen molar-refractivity contribution in [2.45, 2.75) is 19.3 Å². The molecule has 0 atom stereocenters. The molecule has 0 amide bonds. The van der Waals surface area contributed by atoms with Crippen molar-refractivity contribution in [3.05, 3.63) is 11.6 Å². The summed E-state index contributed by atoms with van der Waals surface area (Å²) in [6.07, 6.45) is 6.19. The molecule has 0 bridgehead atoms. The van der Waals surface area contributed by atoms with E-state index < -0.39 is 0 Å². The van der Waals surface area contributed by atoms with Gasteiger partial charge in [0.25, 0.3) is 0 Å². The molecule has 1 fully saturated rings. The lowest BCUT2D eigenvalue weighted by Crippen LogP contribution is -2.27. The third kappa shape index (κ3) is 2.72. The van der Waals surface area contributed by atoms with Gasteiger partial charge in [-0.3, -0.25) is 0 Å². The Balaban J connectivity index is 1.85. The number of halogens is 1. The first-order chi connectivity index (χ1) is 4.93. The van der Waals surface area contributed by atoms with Gasteiger partial charge in [-0.2, -0.15) is 0 Å². The fourth-order valence-electron chi connectivity index (χ4n) is 1.11. The van der Waals surface area contributed by atoms with E-state index in [2.05, 4.69) is 5.32 Å². The van der Waals surface area contributed by atoms with E-state index >= 15 is 0 Å². The van der Waals surface area contributed by atoms with E-state index in [4.69, 9.17) is 11.6 Å². The minimum Gasteiger partial charge on any atom is -0.313 e. The molecular weight excluding hydrogens is 146 g/mol. The smallest absolute Gasteiger partial charge is 0.0146 e. The summed E-state index contributed by atoms with van der Waals surface area (Å²) >= 11 is 5.34. The Morgan fingerprint density at radius 3 is 2.80 bits per heavy atom. The minimum atomic E-state index is 0.917. The molecule has 0 saturated heterocycles. The number of nitrogens with one attached hydrogen (secondary N) is 1. The van der Waals surface area contributed by atoms with Gasteiger partial charge < -0.3 is 5.32 Å². The maximum absolute atomic E-state index is 5.34. The standard InChI is InChI=1S/C8H14ClN/c9-5-2-6-10-7-8-3-1-4-8/h2,5,8,10H,1,3-4,6-7H2/b5-2+. The highest BCUT2D eigenvalue weighted by Crippen LogP contribution is 2.24. The monoisotopic (exact) mass is 159 g/mol. The molecule has 1 aliphatic carbocycles. The van der Waals surface area contributed by atoms with Crippen molar-refractivity contribution in [3.63, 3.8) is 0 Å². The molecule has 2 heteroatoms. The molecule has 58 valence electrons. The van der Waals surface area contributed by atoms with Gasteiger partial charge in [0.1, 0.15) is 0 Å². The summed E-state index contributed by atoms with van der Waals surface area (Å²) < 4.78 is 0. The molecule has 10 heavy (non-hydrogen) atoms. The average molecular weight is 160 g/mol. The zero-order valence-electron chi connectivity index (χ0n) is 6.15. The Kier molecular flexibility index (Phi) is 3.84. The lowest BCUT2D eigenvalue weighted by molar-refractivity contribution is 0.306. The highest BCUT2D eigenvalue weighted by atomic mass is 35.5. The van der Waals surface area contributed by atoms with E-state index in [1.54, 1.807) is 5.54 Å². The highest BCUT2D eigenvalue weighted by molar-refractivity contribution is 6.25. The Labute approximate surface area is 67.5 Å². The van der Waals surface area contributed by atoms with Gasteiger partial charge in [-0.1, -0.05) is 24.1 Å². The normalized spacial score (nSPS) is 19.7. The Morgan fingerprint density at radius 1 is 1.50 bits per heavy atom. The molecule has 0 spiro atoms. The highest BCUT2D eigenvalue weighted by Gasteiger charge is 2.15. The number of hydrogen-bond donors (Lipinski definition) is 1. The van der Waals surface area contributed by atoms with Gasteiger partial charge in [0.2, 0.25) is 0 Å². The van der Waals surface area contributed by atoms with Gasteiger partial charge in [-0.25, -0.2) is 0 Å². The average Bonchev–Trinajstić information content (AvgIpc) is 1.84. The van der Waals surface area contributed by atoms with Crippen LogP contribution in [0.3, 0.4) is 0 Å². The van der Waals surface area contributed by atoms with Crippen LogP contribution in [-0.2, 0) is 0 Å². The quantitative estimate of drug-likeness (QED) is 0.620. The van der Waals surface area contributed by atoms with E-state index in [0.717, 1.165) is 12.5 Å².